The number of hydrogen-bond donors (Lipinski definition) is 2. The van der Waals surface area contributed by atoms with Crippen LogP contribution in [0.2, 0.25) is 0 Å². The van der Waals surface area contributed by atoms with Crippen LogP contribution in [0.5, 0.6) is 0 Å². The van der Waals surface area contributed by atoms with Gasteiger partial charge < -0.3 is 10.4 Å². The first kappa shape index (κ1) is 7.54. The predicted octanol–water partition coefficient (Wildman–Crippen LogP) is 0.317. The standard InChI is InChI=1S/C7H13NO2/c1-5-4-8-3-2-6(5)7(9)10/h5-6,8H,2-4H2,1H3,(H,9,10)/t5-,6+/m1/s1. The molecule has 0 aliphatic carbocycles. The van der Waals surface area contributed by atoms with E-state index in [2.05, 4.69) is 5.32 Å². The van der Waals surface area contributed by atoms with E-state index in [1.165, 1.54) is 0 Å². The number of carboxylic acids is 1. The Morgan fingerprint density at radius 1 is 1.70 bits per heavy atom. The molecule has 0 amide bonds. The first-order valence-corrected chi connectivity index (χ1v) is 3.65. The molecule has 3 heteroatoms. The summed E-state index contributed by atoms with van der Waals surface area (Å²) in [6.45, 7) is 3.67. The van der Waals surface area contributed by atoms with E-state index < -0.39 is 5.97 Å². The van der Waals surface area contributed by atoms with Crippen LogP contribution in [-0.2, 0) is 4.79 Å². The second kappa shape index (κ2) is 3.01. The molecule has 1 aliphatic heterocycles. The van der Waals surface area contributed by atoms with Gasteiger partial charge in [-0.15, -0.1) is 0 Å². The van der Waals surface area contributed by atoms with Crippen molar-refractivity contribution in [2.24, 2.45) is 11.8 Å². The highest BCUT2D eigenvalue weighted by atomic mass is 16.4. The summed E-state index contributed by atoms with van der Waals surface area (Å²) in [5.74, 6) is -0.485. The van der Waals surface area contributed by atoms with Gasteiger partial charge in [0.15, 0.2) is 0 Å². The van der Waals surface area contributed by atoms with Gasteiger partial charge in [0.25, 0.3) is 0 Å². The number of carboxylic acid groups (broad SMARTS) is 1. The van der Waals surface area contributed by atoms with E-state index in [4.69, 9.17) is 5.11 Å². The second-order valence-electron chi connectivity index (χ2n) is 2.91. The maximum Gasteiger partial charge on any atom is 0.306 e. The molecule has 2 N–H and O–H groups in total. The lowest BCUT2D eigenvalue weighted by atomic mass is 9.88. The van der Waals surface area contributed by atoms with Gasteiger partial charge in [-0.25, -0.2) is 0 Å². The summed E-state index contributed by atoms with van der Waals surface area (Å²) in [6, 6.07) is 0. The van der Waals surface area contributed by atoms with Crippen LogP contribution in [0.15, 0.2) is 0 Å². The molecule has 1 rings (SSSR count). The third-order valence-electron chi connectivity index (χ3n) is 2.10. The third-order valence-corrected chi connectivity index (χ3v) is 2.10. The van der Waals surface area contributed by atoms with E-state index in [1.807, 2.05) is 6.92 Å². The van der Waals surface area contributed by atoms with Crippen molar-refractivity contribution in [3.8, 4) is 0 Å². The third kappa shape index (κ3) is 1.48. The van der Waals surface area contributed by atoms with Crippen molar-refractivity contribution < 1.29 is 9.90 Å². The number of hydrogen-bond acceptors (Lipinski definition) is 2. The molecule has 1 fully saturated rings. The lowest BCUT2D eigenvalue weighted by Gasteiger charge is -2.25. The Labute approximate surface area is 60.4 Å². The van der Waals surface area contributed by atoms with E-state index >= 15 is 0 Å². The van der Waals surface area contributed by atoms with Gasteiger partial charge >= 0.3 is 5.97 Å². The Kier molecular flexibility index (Phi) is 2.27. The van der Waals surface area contributed by atoms with E-state index in [1.54, 1.807) is 0 Å². The molecule has 0 spiro atoms. The summed E-state index contributed by atoms with van der Waals surface area (Å²) >= 11 is 0. The van der Waals surface area contributed by atoms with Gasteiger partial charge in [0.05, 0.1) is 5.92 Å². The highest BCUT2D eigenvalue weighted by Crippen LogP contribution is 2.17. The van der Waals surface area contributed by atoms with Crippen LogP contribution in [0.1, 0.15) is 13.3 Å². The number of piperidine rings is 1. The minimum Gasteiger partial charge on any atom is -0.481 e. The normalized spacial score (nSPS) is 33.7. The molecule has 1 heterocycles. The largest absolute Gasteiger partial charge is 0.481 e. The SMILES string of the molecule is C[C@@H]1CNCC[C@@H]1C(=O)O. The molecule has 0 bridgehead atoms. The molecule has 3 nitrogen and oxygen atoms in total. The van der Waals surface area contributed by atoms with Crippen LogP contribution >= 0.6 is 0 Å². The topological polar surface area (TPSA) is 49.3 Å². The van der Waals surface area contributed by atoms with Gasteiger partial charge in [-0.3, -0.25) is 4.79 Å². The second-order valence-corrected chi connectivity index (χ2v) is 2.91. The zero-order valence-electron chi connectivity index (χ0n) is 6.13. The number of aliphatic carboxylic acids is 1. The van der Waals surface area contributed by atoms with Crippen molar-refractivity contribution in [1.29, 1.82) is 0 Å². The van der Waals surface area contributed by atoms with Crippen LogP contribution in [0, 0.1) is 11.8 Å². The van der Waals surface area contributed by atoms with E-state index in [9.17, 15) is 4.79 Å². The number of carbonyl (C=O) groups is 1. The average Bonchev–Trinajstić information content (AvgIpc) is 1.88. The summed E-state index contributed by atoms with van der Waals surface area (Å²) in [5.41, 5.74) is 0. The number of rotatable bonds is 1. The maximum absolute atomic E-state index is 10.5. The summed E-state index contributed by atoms with van der Waals surface area (Å²) in [7, 11) is 0. The Hall–Kier alpha value is -0.570. The maximum atomic E-state index is 10.5. The summed E-state index contributed by atoms with van der Waals surface area (Å²) < 4.78 is 0. The van der Waals surface area contributed by atoms with Crippen LogP contribution in [0.4, 0.5) is 0 Å². The zero-order valence-corrected chi connectivity index (χ0v) is 6.13. The first-order valence-electron chi connectivity index (χ1n) is 3.65. The Bertz CT molecular complexity index is 136. The van der Waals surface area contributed by atoms with Gasteiger partial charge in [0.1, 0.15) is 0 Å². The van der Waals surface area contributed by atoms with Crippen molar-refractivity contribution >= 4 is 5.97 Å². The van der Waals surface area contributed by atoms with Gasteiger partial charge in [-0.1, -0.05) is 6.92 Å². The minimum atomic E-state index is -0.644. The highest BCUT2D eigenvalue weighted by Gasteiger charge is 2.26. The monoisotopic (exact) mass is 143 g/mol. The molecule has 0 aromatic carbocycles. The summed E-state index contributed by atoms with van der Waals surface area (Å²) in [4.78, 5) is 10.5. The Balaban J connectivity index is 2.47. The zero-order chi connectivity index (χ0) is 7.56. The molecule has 10 heavy (non-hydrogen) atoms. The van der Waals surface area contributed by atoms with Crippen molar-refractivity contribution in [3.05, 3.63) is 0 Å². The molecular formula is C7H13NO2. The van der Waals surface area contributed by atoms with Crippen LogP contribution in [0.25, 0.3) is 0 Å². The lowest BCUT2D eigenvalue weighted by Crippen LogP contribution is -2.38. The Morgan fingerprint density at radius 3 is 2.80 bits per heavy atom. The van der Waals surface area contributed by atoms with Crippen molar-refractivity contribution in [1.82, 2.24) is 5.32 Å². The fourth-order valence-corrected chi connectivity index (χ4v) is 1.38. The summed E-state index contributed by atoms with van der Waals surface area (Å²) in [5, 5.41) is 11.8. The molecular weight excluding hydrogens is 130 g/mol. The minimum absolute atomic E-state index is 0.124. The smallest absolute Gasteiger partial charge is 0.306 e. The Morgan fingerprint density at radius 2 is 2.40 bits per heavy atom. The van der Waals surface area contributed by atoms with E-state index in [0.29, 0.717) is 0 Å². The predicted molar refractivity (Wildman–Crippen MR) is 37.8 cm³/mol. The highest BCUT2D eigenvalue weighted by molar-refractivity contribution is 5.70. The lowest BCUT2D eigenvalue weighted by molar-refractivity contribution is -0.144. The van der Waals surface area contributed by atoms with Crippen molar-refractivity contribution in [2.45, 2.75) is 13.3 Å². The molecule has 0 aromatic heterocycles. The molecule has 1 saturated heterocycles. The van der Waals surface area contributed by atoms with Crippen LogP contribution < -0.4 is 5.32 Å². The van der Waals surface area contributed by atoms with E-state index in [-0.39, 0.29) is 11.8 Å². The quantitative estimate of drug-likeness (QED) is 0.555. The van der Waals surface area contributed by atoms with Crippen molar-refractivity contribution in [2.75, 3.05) is 13.1 Å². The van der Waals surface area contributed by atoms with Crippen molar-refractivity contribution in [3.63, 3.8) is 0 Å². The fourth-order valence-electron chi connectivity index (χ4n) is 1.38. The molecule has 0 radical (unpaired) electrons. The van der Waals surface area contributed by atoms with Gasteiger partial charge in [0, 0.05) is 0 Å². The van der Waals surface area contributed by atoms with E-state index in [0.717, 1.165) is 19.5 Å². The molecule has 1 aliphatic rings. The van der Waals surface area contributed by atoms with Crippen LogP contribution in [-0.4, -0.2) is 24.2 Å². The molecule has 0 unspecified atom stereocenters. The fraction of sp³-hybridized carbons (Fsp3) is 0.857. The van der Waals surface area contributed by atoms with Gasteiger partial charge in [0.2, 0.25) is 0 Å². The van der Waals surface area contributed by atoms with Crippen LogP contribution in [0.3, 0.4) is 0 Å². The van der Waals surface area contributed by atoms with Gasteiger partial charge in [-0.05, 0) is 25.4 Å². The molecule has 2 atom stereocenters. The van der Waals surface area contributed by atoms with Gasteiger partial charge in [-0.2, -0.15) is 0 Å². The molecule has 0 aromatic rings. The average molecular weight is 143 g/mol. The molecule has 58 valence electrons. The number of nitrogens with one attached hydrogen (secondary N) is 1. The first-order chi connectivity index (χ1) is 4.72. The summed E-state index contributed by atoms with van der Waals surface area (Å²) in [6.07, 6.45) is 0.774. The molecule has 0 saturated carbocycles.